The number of nitrogens with one attached hydrogen (secondary N) is 1. The van der Waals surface area contributed by atoms with Crippen molar-refractivity contribution in [1.82, 2.24) is 4.98 Å². The molecule has 2 heterocycles. The summed E-state index contributed by atoms with van der Waals surface area (Å²) in [6.07, 6.45) is -4.94. The Balaban J connectivity index is 2.20. The van der Waals surface area contributed by atoms with Gasteiger partial charge in [-0.2, -0.15) is 10.3 Å². The molecule has 40 heavy (non-hydrogen) atoms. The molecule has 1 aromatic heterocycles. The Hall–Kier alpha value is -3.84. The van der Waals surface area contributed by atoms with Gasteiger partial charge in [0.1, 0.15) is 37.0 Å². The summed E-state index contributed by atoms with van der Waals surface area (Å²) < 4.78 is 20.5. The van der Waals surface area contributed by atoms with Gasteiger partial charge in [0.2, 0.25) is 12.4 Å². The van der Waals surface area contributed by atoms with Crippen molar-refractivity contribution in [2.45, 2.75) is 71.5 Å². The molecule has 1 aliphatic heterocycles. The number of aromatic nitrogens is 1. The lowest BCUT2D eigenvalue weighted by Crippen LogP contribution is -2.44. The predicted octanol–water partition coefficient (Wildman–Crippen LogP) is 0.188. The first-order valence-corrected chi connectivity index (χ1v) is 12.2. The van der Waals surface area contributed by atoms with E-state index in [1.807, 2.05) is 6.07 Å². The van der Waals surface area contributed by atoms with Crippen LogP contribution in [0.1, 0.15) is 52.9 Å². The Morgan fingerprint density at radius 1 is 1.20 bits per heavy atom. The number of nitriles is 1. The molecular formula is C25H36N6O9. The molecule has 1 amide bonds. The Bertz CT molecular complexity index is 1190. The van der Waals surface area contributed by atoms with Gasteiger partial charge in [0.05, 0.1) is 23.1 Å². The van der Waals surface area contributed by atoms with Gasteiger partial charge in [0.25, 0.3) is 0 Å². The highest BCUT2D eigenvalue weighted by molar-refractivity contribution is 6.05. The molecule has 1 aliphatic rings. The summed E-state index contributed by atoms with van der Waals surface area (Å²) in [5.41, 5.74) is 7.79. The average Bonchev–Trinajstić information content (AvgIpc) is 3.45. The summed E-state index contributed by atoms with van der Waals surface area (Å²) in [6.45, 7) is 8.97. The fourth-order valence-electron chi connectivity index (χ4n) is 3.38. The highest BCUT2D eigenvalue weighted by atomic mass is 16.7. The second-order valence-electron chi connectivity index (χ2n) is 11.1. The monoisotopic (exact) mass is 564 g/mol. The number of carbonyl (C=O) groups is 3. The van der Waals surface area contributed by atoms with Crippen molar-refractivity contribution in [3.05, 3.63) is 23.5 Å². The van der Waals surface area contributed by atoms with E-state index in [2.05, 4.69) is 15.0 Å². The first kappa shape index (κ1) is 32.4. The summed E-state index contributed by atoms with van der Waals surface area (Å²) in [6, 6.07) is 3.59. The van der Waals surface area contributed by atoms with Crippen molar-refractivity contribution in [1.29, 1.82) is 5.26 Å². The zero-order chi connectivity index (χ0) is 30.5. The van der Waals surface area contributed by atoms with Gasteiger partial charge in [-0.25, -0.2) is 9.79 Å². The smallest absolute Gasteiger partial charge is 0.438 e. The highest BCUT2D eigenvalue weighted by Crippen LogP contribution is 2.39. The molecule has 1 aromatic rings. The molecule has 1 fully saturated rings. The Morgan fingerprint density at radius 3 is 2.40 bits per heavy atom. The number of amides is 1. The van der Waals surface area contributed by atoms with Crippen molar-refractivity contribution in [3.8, 4) is 6.07 Å². The van der Waals surface area contributed by atoms with Gasteiger partial charge in [-0.05, 0) is 38.3 Å². The number of aliphatic imine (C=N–C) groups is 2. The lowest BCUT2D eigenvalue weighted by Gasteiger charge is -2.26. The zero-order valence-electron chi connectivity index (χ0n) is 23.2. The molecule has 15 nitrogen and oxygen atoms in total. The number of nitrogens with zero attached hydrogens (tertiary/aromatic N) is 3. The third-order valence-corrected chi connectivity index (χ3v) is 5.91. The van der Waals surface area contributed by atoms with Gasteiger partial charge in [-0.1, -0.05) is 20.8 Å². The van der Waals surface area contributed by atoms with Crippen LogP contribution in [0.2, 0.25) is 0 Å². The van der Waals surface area contributed by atoms with Crippen LogP contribution in [0.5, 0.6) is 0 Å². The topological polar surface area (TPSA) is 245 Å². The number of amidine groups is 1. The Morgan fingerprint density at radius 2 is 1.85 bits per heavy atom. The molecule has 7 N–H and O–H groups in total. The third kappa shape index (κ3) is 7.42. The van der Waals surface area contributed by atoms with Crippen LogP contribution in [-0.4, -0.2) is 83.2 Å². The molecule has 2 rings (SSSR count). The van der Waals surface area contributed by atoms with E-state index in [0.717, 1.165) is 6.34 Å². The van der Waals surface area contributed by atoms with Crippen molar-refractivity contribution >= 4 is 30.2 Å². The van der Waals surface area contributed by atoms with Gasteiger partial charge >= 0.3 is 18.0 Å². The summed E-state index contributed by atoms with van der Waals surface area (Å²) in [5.74, 6) is -1.61. The van der Waals surface area contributed by atoms with E-state index in [-0.39, 0.29) is 17.2 Å². The van der Waals surface area contributed by atoms with Crippen LogP contribution in [-0.2, 0) is 34.1 Å². The van der Waals surface area contributed by atoms with Crippen molar-refractivity contribution < 1.29 is 43.5 Å². The molecule has 0 radical (unpaired) electrons. The van der Waals surface area contributed by atoms with E-state index in [1.54, 1.807) is 41.5 Å². The van der Waals surface area contributed by atoms with Crippen LogP contribution in [0.3, 0.4) is 0 Å². The van der Waals surface area contributed by atoms with Crippen LogP contribution in [0.15, 0.2) is 22.1 Å². The summed E-state index contributed by atoms with van der Waals surface area (Å²) in [5, 5.41) is 31.3. The predicted molar refractivity (Wildman–Crippen MR) is 139 cm³/mol. The molecule has 5 atom stereocenters. The summed E-state index contributed by atoms with van der Waals surface area (Å²) >= 11 is 0. The van der Waals surface area contributed by atoms with Gasteiger partial charge in [0, 0.05) is 0 Å². The van der Waals surface area contributed by atoms with Gasteiger partial charge in [0.15, 0.2) is 5.84 Å². The number of aliphatic hydroxyl groups excluding tert-OH is 2. The minimum atomic E-state index is -2.11. The van der Waals surface area contributed by atoms with Crippen LogP contribution < -0.4 is 11.5 Å². The number of ether oxygens (including phenoxy) is 4. The first-order valence-electron chi connectivity index (χ1n) is 12.2. The summed E-state index contributed by atoms with van der Waals surface area (Å²) in [4.78, 5) is 46.5. The van der Waals surface area contributed by atoms with Crippen LogP contribution in [0.25, 0.3) is 0 Å². The molecule has 0 spiro atoms. The number of nitrogens with two attached hydrogens (primary N) is 2. The van der Waals surface area contributed by atoms with Gasteiger partial charge < -0.3 is 45.6 Å². The van der Waals surface area contributed by atoms with Crippen LogP contribution >= 0.6 is 0 Å². The second-order valence-corrected chi connectivity index (χ2v) is 11.1. The van der Waals surface area contributed by atoms with Crippen LogP contribution in [0.4, 0.5) is 4.79 Å². The van der Waals surface area contributed by atoms with E-state index in [4.69, 9.17) is 30.4 Å². The quantitative estimate of drug-likeness (QED) is 0.129. The number of hydrogen-bond donors (Lipinski definition) is 5. The number of carbonyl (C=O) groups excluding carboxylic acids is 3. The molecule has 0 saturated carbocycles. The van der Waals surface area contributed by atoms with E-state index < -0.39 is 72.2 Å². The van der Waals surface area contributed by atoms with Crippen molar-refractivity contribution in [2.24, 2.45) is 32.3 Å². The van der Waals surface area contributed by atoms with Crippen molar-refractivity contribution in [3.63, 3.8) is 0 Å². The third-order valence-electron chi connectivity index (χ3n) is 5.91. The van der Waals surface area contributed by atoms with Crippen molar-refractivity contribution in [2.75, 3.05) is 13.4 Å². The van der Waals surface area contributed by atoms with Gasteiger partial charge in [-0.3, -0.25) is 9.59 Å². The Labute approximate surface area is 231 Å². The SMILES string of the molecule is CC(C)(C)C(=O)OCOC(=O)/N=C(\N=CN)c1ccc([C@]2(C#N)O[C@H](COC(=O)[C@@H](N)C(C)(C)C)[C@@H](O)[C@H]2O)[nH]1. The molecule has 0 unspecified atom stereocenters. The molecule has 1 saturated heterocycles. The summed E-state index contributed by atoms with van der Waals surface area (Å²) in [7, 11) is 0. The van der Waals surface area contributed by atoms with Gasteiger partial charge in [-0.15, -0.1) is 0 Å². The maximum Gasteiger partial charge on any atom is 0.438 e. The standard InChI is InChI=1S/C25H36N6O9/c1-23(2,3)17(28)20(34)37-9-14-16(32)18(33)25(10-26,40-14)15-8-7-13(30-15)19(29-11-27)31-22(36)39-12-38-21(35)24(4,5)6/h7-8,11,14,16-18,30,32-33H,9,12,28H2,1-6H3,(H2,27,29,31,36)/t14-,16-,17-,18-,25+/m1/s1. The minimum absolute atomic E-state index is 0.0239. The largest absolute Gasteiger partial charge is 0.462 e. The van der Waals surface area contributed by atoms with E-state index in [0.29, 0.717) is 0 Å². The number of rotatable bonds is 7. The molecule has 15 heteroatoms. The normalized spacial score (nSPS) is 24.4. The van der Waals surface area contributed by atoms with Crippen LogP contribution in [0, 0.1) is 22.2 Å². The Kier molecular flexibility index (Phi) is 10.2. The van der Waals surface area contributed by atoms with E-state index in [1.165, 1.54) is 12.1 Å². The number of H-pyrrole nitrogens is 1. The second kappa shape index (κ2) is 12.6. The molecule has 0 aliphatic carbocycles. The molecule has 220 valence electrons. The molecular weight excluding hydrogens is 528 g/mol. The molecule has 0 bridgehead atoms. The fraction of sp³-hybridized carbons (Fsp3) is 0.600. The first-order chi connectivity index (χ1) is 18.5. The number of hydrogen-bond acceptors (Lipinski definition) is 11. The maximum absolute atomic E-state index is 12.3. The number of aliphatic hydroxyl groups is 2. The zero-order valence-corrected chi connectivity index (χ0v) is 23.2. The number of aromatic amines is 1. The number of esters is 2. The lowest BCUT2D eigenvalue weighted by atomic mass is 9.87. The molecule has 0 aromatic carbocycles. The van der Waals surface area contributed by atoms with E-state index in [9.17, 15) is 29.9 Å². The maximum atomic E-state index is 12.3. The highest BCUT2D eigenvalue weighted by Gasteiger charge is 2.57. The minimum Gasteiger partial charge on any atom is -0.462 e. The lowest BCUT2D eigenvalue weighted by molar-refractivity contribution is -0.161. The van der Waals surface area contributed by atoms with E-state index >= 15 is 0 Å². The fourth-order valence-corrected chi connectivity index (χ4v) is 3.38. The average molecular weight is 565 g/mol.